The van der Waals surface area contributed by atoms with Crippen LogP contribution in [0.25, 0.3) is 0 Å². The summed E-state index contributed by atoms with van der Waals surface area (Å²) in [6, 6.07) is 0. The Labute approximate surface area is 114 Å². The first kappa shape index (κ1) is 23.5. The summed E-state index contributed by atoms with van der Waals surface area (Å²) in [5, 5.41) is 14.0. The standard InChI is InChI=1S/C7H22O4Si3.2CH4O/c1-9-13(4,5)11-14(6,7)10-12(2,3)8;2*1-2/h8H,1-7H3;2*2H,1H3. The predicted octanol–water partition coefficient (Wildman–Crippen LogP) is 0.981. The second-order valence-electron chi connectivity index (χ2n) is 4.65. The molecule has 0 aliphatic rings. The van der Waals surface area contributed by atoms with Gasteiger partial charge in [0.1, 0.15) is 0 Å². The summed E-state index contributed by atoms with van der Waals surface area (Å²) in [5.41, 5.74) is 0. The van der Waals surface area contributed by atoms with Crippen LogP contribution in [0.4, 0.5) is 0 Å². The average molecular weight is 319 g/mol. The van der Waals surface area contributed by atoms with Crippen molar-refractivity contribution in [2.24, 2.45) is 0 Å². The SMILES string of the molecule is CO.CO.CO[Si](C)(C)O[Si](C)(C)O[Si](C)(C)O. The Balaban J connectivity index is -0.000000506. The van der Waals surface area contributed by atoms with Crippen molar-refractivity contribution < 1.29 is 27.7 Å². The number of aliphatic hydroxyl groups is 2. The third kappa shape index (κ3) is 16.4. The van der Waals surface area contributed by atoms with E-state index in [0.717, 1.165) is 14.2 Å². The topological polar surface area (TPSA) is 88.4 Å². The molecule has 18 heavy (non-hydrogen) atoms. The Bertz CT molecular complexity index is 193. The van der Waals surface area contributed by atoms with E-state index >= 15 is 0 Å². The Morgan fingerprint density at radius 3 is 1.22 bits per heavy atom. The maximum Gasteiger partial charge on any atom is 0.322 e. The Kier molecular flexibility index (Phi) is 13.4. The lowest BCUT2D eigenvalue weighted by Crippen LogP contribution is -2.53. The van der Waals surface area contributed by atoms with E-state index in [0.29, 0.717) is 0 Å². The molecule has 114 valence electrons. The molecule has 0 rings (SSSR count). The fourth-order valence-electron chi connectivity index (χ4n) is 1.26. The van der Waals surface area contributed by atoms with Gasteiger partial charge in [-0.1, -0.05) is 0 Å². The Hall–Kier alpha value is 0.411. The van der Waals surface area contributed by atoms with E-state index in [4.69, 9.17) is 22.9 Å². The molecule has 0 aromatic rings. The van der Waals surface area contributed by atoms with Crippen molar-refractivity contribution in [3.63, 3.8) is 0 Å². The van der Waals surface area contributed by atoms with Crippen LogP contribution in [0, 0.1) is 0 Å². The minimum Gasteiger partial charge on any atom is -0.416 e. The first-order chi connectivity index (χ1) is 7.97. The minimum atomic E-state index is -2.50. The van der Waals surface area contributed by atoms with Gasteiger partial charge in [-0.25, -0.2) is 0 Å². The molecule has 0 aromatic carbocycles. The lowest BCUT2D eigenvalue weighted by atomic mass is 11.8. The van der Waals surface area contributed by atoms with E-state index in [2.05, 4.69) is 0 Å². The quantitative estimate of drug-likeness (QED) is 0.655. The molecule has 0 amide bonds. The number of hydrogen-bond donors (Lipinski definition) is 3. The van der Waals surface area contributed by atoms with Gasteiger partial charge in [-0.05, 0) is 39.3 Å². The summed E-state index contributed by atoms with van der Waals surface area (Å²) in [5.74, 6) is 0. The summed E-state index contributed by atoms with van der Waals surface area (Å²) in [4.78, 5) is 9.67. The molecular formula is C9H30O6Si3. The first-order valence-electron chi connectivity index (χ1n) is 5.55. The van der Waals surface area contributed by atoms with Crippen LogP contribution in [0.2, 0.25) is 39.3 Å². The van der Waals surface area contributed by atoms with Gasteiger partial charge in [0, 0.05) is 21.3 Å². The summed E-state index contributed by atoms with van der Waals surface area (Å²) < 4.78 is 16.8. The molecule has 3 N–H and O–H groups in total. The molecule has 0 aliphatic carbocycles. The van der Waals surface area contributed by atoms with E-state index in [1.54, 1.807) is 20.2 Å². The zero-order chi connectivity index (χ0) is 15.6. The summed E-state index contributed by atoms with van der Waals surface area (Å²) in [7, 11) is -3.16. The van der Waals surface area contributed by atoms with Gasteiger partial charge in [-0.15, -0.1) is 0 Å². The van der Waals surface area contributed by atoms with E-state index in [-0.39, 0.29) is 0 Å². The first-order valence-corrected chi connectivity index (χ1v) is 14.0. The van der Waals surface area contributed by atoms with Gasteiger partial charge < -0.3 is 27.7 Å². The molecule has 0 saturated carbocycles. The molecule has 0 bridgehead atoms. The molecule has 0 saturated heterocycles. The van der Waals surface area contributed by atoms with Gasteiger partial charge in [-0.2, -0.15) is 0 Å². The van der Waals surface area contributed by atoms with Gasteiger partial charge in [0.05, 0.1) is 0 Å². The molecule has 0 fully saturated rings. The number of aliphatic hydroxyl groups excluding tert-OH is 2. The second kappa shape index (κ2) is 10.2. The van der Waals surface area contributed by atoms with E-state index in [1.165, 1.54) is 0 Å². The van der Waals surface area contributed by atoms with Crippen LogP contribution in [0.15, 0.2) is 0 Å². The molecule has 9 heteroatoms. The lowest BCUT2D eigenvalue weighted by molar-refractivity contribution is 0.264. The van der Waals surface area contributed by atoms with Crippen molar-refractivity contribution >= 4 is 25.7 Å². The van der Waals surface area contributed by atoms with Crippen LogP contribution in [-0.4, -0.2) is 62.0 Å². The highest BCUT2D eigenvalue weighted by Gasteiger charge is 2.39. The van der Waals surface area contributed by atoms with E-state index in [1.807, 2.05) is 26.2 Å². The monoisotopic (exact) mass is 318 g/mol. The zero-order valence-corrected chi connectivity index (χ0v) is 16.1. The highest BCUT2D eigenvalue weighted by atomic mass is 28.5. The Morgan fingerprint density at radius 2 is 1.00 bits per heavy atom. The van der Waals surface area contributed by atoms with E-state index in [9.17, 15) is 4.80 Å². The summed E-state index contributed by atoms with van der Waals surface area (Å²) in [6.07, 6.45) is 0. The molecule has 0 atom stereocenters. The molecule has 6 nitrogen and oxygen atoms in total. The summed E-state index contributed by atoms with van der Waals surface area (Å²) >= 11 is 0. The van der Waals surface area contributed by atoms with Crippen LogP contribution in [-0.2, 0) is 12.7 Å². The van der Waals surface area contributed by atoms with Gasteiger partial charge >= 0.3 is 25.7 Å². The van der Waals surface area contributed by atoms with Crippen LogP contribution in [0.5, 0.6) is 0 Å². The van der Waals surface area contributed by atoms with Crippen molar-refractivity contribution in [2.75, 3.05) is 21.3 Å². The van der Waals surface area contributed by atoms with Crippen molar-refractivity contribution in [3.05, 3.63) is 0 Å². The van der Waals surface area contributed by atoms with Crippen LogP contribution in [0.1, 0.15) is 0 Å². The van der Waals surface area contributed by atoms with Gasteiger partial charge in [0.2, 0.25) is 0 Å². The average Bonchev–Trinajstić information content (AvgIpc) is 2.18. The molecule has 0 aromatic heterocycles. The normalized spacial score (nSPS) is 12.0. The van der Waals surface area contributed by atoms with Crippen molar-refractivity contribution in [2.45, 2.75) is 39.3 Å². The van der Waals surface area contributed by atoms with Crippen molar-refractivity contribution in [1.29, 1.82) is 0 Å². The van der Waals surface area contributed by atoms with Crippen LogP contribution < -0.4 is 0 Å². The fourth-order valence-corrected chi connectivity index (χ4v) is 11.7. The zero-order valence-electron chi connectivity index (χ0n) is 13.1. The second-order valence-corrected chi connectivity index (χ2v) is 15.2. The van der Waals surface area contributed by atoms with Gasteiger partial charge in [0.15, 0.2) is 0 Å². The molecule has 0 radical (unpaired) electrons. The lowest BCUT2D eigenvalue weighted by Gasteiger charge is -2.35. The highest BCUT2D eigenvalue weighted by Crippen LogP contribution is 2.19. The predicted molar refractivity (Wildman–Crippen MR) is 80.1 cm³/mol. The maximum atomic E-state index is 9.67. The fraction of sp³-hybridized carbons (Fsp3) is 1.00. The Morgan fingerprint density at radius 1 is 0.667 bits per heavy atom. The maximum absolute atomic E-state index is 9.67. The molecular weight excluding hydrogens is 288 g/mol. The van der Waals surface area contributed by atoms with Crippen LogP contribution >= 0.6 is 0 Å². The number of hydrogen-bond acceptors (Lipinski definition) is 6. The molecule has 0 unspecified atom stereocenters. The molecule has 0 heterocycles. The highest BCUT2D eigenvalue weighted by molar-refractivity contribution is 6.84. The largest absolute Gasteiger partial charge is 0.416 e. The molecule has 0 aliphatic heterocycles. The third-order valence-electron chi connectivity index (χ3n) is 1.48. The van der Waals surface area contributed by atoms with Crippen molar-refractivity contribution in [3.8, 4) is 0 Å². The van der Waals surface area contributed by atoms with E-state index < -0.39 is 25.7 Å². The van der Waals surface area contributed by atoms with Crippen LogP contribution in [0.3, 0.4) is 0 Å². The smallest absolute Gasteiger partial charge is 0.322 e. The minimum absolute atomic E-state index is 1.00. The summed E-state index contributed by atoms with van der Waals surface area (Å²) in [6.45, 7) is 11.3. The van der Waals surface area contributed by atoms with Crippen molar-refractivity contribution in [1.82, 2.24) is 0 Å². The number of rotatable bonds is 5. The van der Waals surface area contributed by atoms with Gasteiger partial charge in [0.25, 0.3) is 0 Å². The third-order valence-corrected chi connectivity index (χ3v) is 10.4. The molecule has 0 spiro atoms. The van der Waals surface area contributed by atoms with Gasteiger partial charge in [-0.3, -0.25) is 0 Å².